The fourth-order valence-electron chi connectivity index (χ4n) is 0.879. The molecule has 0 heterocycles. The molecule has 76 valence electrons. The number of nitrogens with zero attached hydrogens (tertiary/aromatic N) is 1. The molecule has 6 nitrogen and oxygen atoms in total. The molecule has 0 bridgehead atoms. The van der Waals surface area contributed by atoms with Gasteiger partial charge in [0.05, 0.1) is 4.92 Å². The minimum atomic E-state index is -0.983. The molecule has 1 aromatic carbocycles. The summed E-state index contributed by atoms with van der Waals surface area (Å²) in [4.78, 5) is 19.9. The van der Waals surface area contributed by atoms with Crippen molar-refractivity contribution >= 4 is 46.9 Å². The summed E-state index contributed by atoms with van der Waals surface area (Å²) in [6.07, 6.45) is 0. The zero-order valence-electron chi connectivity index (χ0n) is 7.14. The third-order valence-corrected chi connectivity index (χ3v) is 1.52. The average Bonchev–Trinajstić information content (AvgIpc) is 2.15. The average molecular weight is 220 g/mol. The number of anilines is 1. The summed E-state index contributed by atoms with van der Waals surface area (Å²) in [6, 6.07) is 5.54. The van der Waals surface area contributed by atoms with Crippen LogP contribution >= 0.6 is 0 Å². The van der Waals surface area contributed by atoms with Gasteiger partial charge in [-0.15, -0.1) is 0 Å². The first kappa shape index (κ1) is 13.9. The Kier molecular flexibility index (Phi) is 5.92. The molecular formula is C8H9N2NaO4. The van der Waals surface area contributed by atoms with E-state index >= 15 is 0 Å². The van der Waals surface area contributed by atoms with E-state index in [1.165, 1.54) is 24.3 Å². The van der Waals surface area contributed by atoms with Gasteiger partial charge >= 0.3 is 35.5 Å². The molecule has 0 saturated heterocycles. The first-order valence-electron chi connectivity index (χ1n) is 3.79. The van der Waals surface area contributed by atoms with Crippen molar-refractivity contribution < 1.29 is 14.8 Å². The van der Waals surface area contributed by atoms with Crippen LogP contribution in [0.25, 0.3) is 0 Å². The van der Waals surface area contributed by atoms with Crippen molar-refractivity contribution in [2.24, 2.45) is 0 Å². The van der Waals surface area contributed by atoms with Crippen molar-refractivity contribution in [1.29, 1.82) is 0 Å². The molecule has 0 saturated carbocycles. The van der Waals surface area contributed by atoms with Crippen LogP contribution in [0.3, 0.4) is 0 Å². The van der Waals surface area contributed by atoms with Crippen LogP contribution in [0.1, 0.15) is 0 Å². The Morgan fingerprint density at radius 3 is 2.33 bits per heavy atom. The molecule has 0 aliphatic rings. The zero-order chi connectivity index (χ0) is 10.6. The van der Waals surface area contributed by atoms with E-state index in [1.807, 2.05) is 0 Å². The first-order chi connectivity index (χ1) is 6.59. The third-order valence-electron chi connectivity index (χ3n) is 1.52. The van der Waals surface area contributed by atoms with Gasteiger partial charge in [-0.3, -0.25) is 14.9 Å². The van der Waals surface area contributed by atoms with Crippen molar-refractivity contribution in [3.63, 3.8) is 0 Å². The molecule has 15 heavy (non-hydrogen) atoms. The molecule has 0 spiro atoms. The maximum atomic E-state index is 10.3. The standard InChI is InChI=1S/C8H8N2O4.Na.H/c11-8(12)5-9-6-1-3-7(4-2-6)10(13)14;;/h1-4,9H,5H2,(H,11,12);;. The van der Waals surface area contributed by atoms with Gasteiger partial charge in [-0.05, 0) is 12.1 Å². The van der Waals surface area contributed by atoms with E-state index in [9.17, 15) is 14.9 Å². The first-order valence-corrected chi connectivity index (χ1v) is 3.79. The number of hydrogen-bond donors (Lipinski definition) is 2. The Hall–Kier alpha value is -1.11. The summed E-state index contributed by atoms with van der Waals surface area (Å²) < 4.78 is 0. The van der Waals surface area contributed by atoms with E-state index in [1.54, 1.807) is 0 Å². The Bertz CT molecular complexity index is 352. The van der Waals surface area contributed by atoms with E-state index in [-0.39, 0.29) is 41.8 Å². The van der Waals surface area contributed by atoms with E-state index < -0.39 is 10.9 Å². The van der Waals surface area contributed by atoms with Gasteiger partial charge in [-0.2, -0.15) is 0 Å². The van der Waals surface area contributed by atoms with Gasteiger partial charge in [0.15, 0.2) is 0 Å². The van der Waals surface area contributed by atoms with Gasteiger partial charge in [0, 0.05) is 17.8 Å². The molecular weight excluding hydrogens is 211 g/mol. The number of nitro benzene ring substituents is 1. The summed E-state index contributed by atoms with van der Waals surface area (Å²) in [6.45, 7) is -0.211. The molecule has 1 rings (SSSR count). The number of non-ortho nitro benzene ring substituents is 1. The number of hydrogen-bond acceptors (Lipinski definition) is 4. The summed E-state index contributed by atoms with van der Waals surface area (Å²) in [5.41, 5.74) is 0.517. The maximum absolute atomic E-state index is 10.3. The number of rotatable bonds is 4. The molecule has 0 unspecified atom stereocenters. The monoisotopic (exact) mass is 220 g/mol. The van der Waals surface area contributed by atoms with Crippen LogP contribution in [0.15, 0.2) is 24.3 Å². The Morgan fingerprint density at radius 1 is 1.40 bits per heavy atom. The predicted octanol–water partition coefficient (Wildman–Crippen LogP) is 0.443. The Morgan fingerprint density at radius 2 is 1.93 bits per heavy atom. The van der Waals surface area contributed by atoms with Crippen LogP contribution < -0.4 is 5.32 Å². The van der Waals surface area contributed by atoms with Gasteiger partial charge in [0.25, 0.3) is 5.69 Å². The normalized spacial score (nSPS) is 8.80. The molecule has 0 aromatic heterocycles. The van der Waals surface area contributed by atoms with Gasteiger partial charge in [-0.1, -0.05) is 0 Å². The number of benzene rings is 1. The van der Waals surface area contributed by atoms with E-state index in [2.05, 4.69) is 5.32 Å². The van der Waals surface area contributed by atoms with Crippen molar-refractivity contribution in [3.8, 4) is 0 Å². The molecule has 0 radical (unpaired) electrons. The van der Waals surface area contributed by atoms with Crippen molar-refractivity contribution in [1.82, 2.24) is 0 Å². The van der Waals surface area contributed by atoms with Gasteiger partial charge < -0.3 is 10.4 Å². The number of carbonyl (C=O) groups is 1. The SMILES string of the molecule is O=C(O)CNc1ccc([N+](=O)[O-])cc1.[NaH]. The van der Waals surface area contributed by atoms with Gasteiger partial charge in [0.1, 0.15) is 6.54 Å². The van der Waals surface area contributed by atoms with E-state index in [0.717, 1.165) is 0 Å². The van der Waals surface area contributed by atoms with Crippen molar-refractivity contribution in [2.75, 3.05) is 11.9 Å². The quantitative estimate of drug-likeness (QED) is 0.436. The number of aliphatic carboxylic acids is 1. The van der Waals surface area contributed by atoms with Crippen LogP contribution in [0.4, 0.5) is 11.4 Å². The molecule has 0 amide bonds. The topological polar surface area (TPSA) is 92.5 Å². The molecule has 7 heteroatoms. The molecule has 1 aromatic rings. The van der Waals surface area contributed by atoms with E-state index in [0.29, 0.717) is 5.69 Å². The second-order valence-corrected chi connectivity index (χ2v) is 2.55. The summed E-state index contributed by atoms with van der Waals surface area (Å²) in [5, 5.41) is 21.2. The second kappa shape index (κ2) is 6.39. The molecule has 0 atom stereocenters. The summed E-state index contributed by atoms with van der Waals surface area (Å²) in [7, 11) is 0. The zero-order valence-corrected chi connectivity index (χ0v) is 7.14. The number of nitro groups is 1. The van der Waals surface area contributed by atoms with Crippen LogP contribution in [-0.4, -0.2) is 52.1 Å². The van der Waals surface area contributed by atoms with Crippen molar-refractivity contribution in [2.45, 2.75) is 0 Å². The van der Waals surface area contributed by atoms with Crippen LogP contribution in [-0.2, 0) is 4.79 Å². The van der Waals surface area contributed by atoms with Gasteiger partial charge in [-0.25, -0.2) is 0 Å². The summed E-state index contributed by atoms with van der Waals surface area (Å²) >= 11 is 0. The van der Waals surface area contributed by atoms with Crippen LogP contribution in [0.2, 0.25) is 0 Å². The number of carboxylic acid groups (broad SMARTS) is 1. The Balaban J connectivity index is 0.00000196. The van der Waals surface area contributed by atoms with Crippen LogP contribution in [0.5, 0.6) is 0 Å². The Labute approximate surface area is 108 Å². The number of nitrogens with one attached hydrogen (secondary N) is 1. The van der Waals surface area contributed by atoms with Crippen LogP contribution in [0, 0.1) is 10.1 Å². The molecule has 0 fully saturated rings. The molecule has 0 aliphatic carbocycles. The number of carboxylic acids is 1. The fraction of sp³-hybridized carbons (Fsp3) is 0.125. The molecule has 2 N–H and O–H groups in total. The predicted molar refractivity (Wildman–Crippen MR) is 56.4 cm³/mol. The summed E-state index contributed by atoms with van der Waals surface area (Å²) in [5.74, 6) is -0.983. The van der Waals surface area contributed by atoms with Crippen molar-refractivity contribution in [3.05, 3.63) is 34.4 Å². The third kappa shape index (κ3) is 4.78. The molecule has 0 aliphatic heterocycles. The van der Waals surface area contributed by atoms with Gasteiger partial charge in [0.2, 0.25) is 0 Å². The minimum absolute atomic E-state index is 0. The second-order valence-electron chi connectivity index (χ2n) is 2.55. The fourth-order valence-corrected chi connectivity index (χ4v) is 0.879. The van der Waals surface area contributed by atoms with E-state index in [4.69, 9.17) is 5.11 Å².